The van der Waals surface area contributed by atoms with E-state index in [1.807, 2.05) is 13.0 Å². The van der Waals surface area contributed by atoms with Crippen LogP contribution in [0.15, 0.2) is 18.6 Å². The largest absolute Gasteiger partial charge is 0.481 e. The molecular formula is C13H19N3O2. The number of piperidine rings is 1. The van der Waals surface area contributed by atoms with Crippen molar-refractivity contribution in [3.63, 3.8) is 0 Å². The Morgan fingerprint density at radius 1 is 1.50 bits per heavy atom. The van der Waals surface area contributed by atoms with Gasteiger partial charge in [-0.15, -0.1) is 0 Å². The second-order valence-electron chi connectivity index (χ2n) is 4.89. The molecule has 0 radical (unpaired) electrons. The topological polar surface area (TPSA) is 66.3 Å². The van der Waals surface area contributed by atoms with Crippen LogP contribution < -0.4 is 4.90 Å². The molecule has 1 aromatic rings. The third kappa shape index (κ3) is 2.44. The summed E-state index contributed by atoms with van der Waals surface area (Å²) >= 11 is 0. The predicted octanol–water partition coefficient (Wildman–Crippen LogP) is 1.95. The van der Waals surface area contributed by atoms with Crippen LogP contribution in [0.4, 0.5) is 5.82 Å². The minimum Gasteiger partial charge on any atom is -0.481 e. The maximum Gasteiger partial charge on any atom is 0.309 e. The lowest BCUT2D eigenvalue weighted by atomic mass is 9.75. The number of carbonyl (C=O) groups is 1. The second kappa shape index (κ2) is 5.33. The summed E-state index contributed by atoms with van der Waals surface area (Å²) in [5, 5.41) is 9.43. The summed E-state index contributed by atoms with van der Waals surface area (Å²) in [6, 6.07) is 1.87. The average molecular weight is 249 g/mol. The van der Waals surface area contributed by atoms with Crippen molar-refractivity contribution < 1.29 is 9.90 Å². The molecule has 0 aromatic carbocycles. The highest BCUT2D eigenvalue weighted by molar-refractivity contribution is 5.75. The van der Waals surface area contributed by atoms with Crippen LogP contribution in [0.25, 0.3) is 0 Å². The number of anilines is 1. The van der Waals surface area contributed by atoms with Gasteiger partial charge in [0.2, 0.25) is 0 Å². The van der Waals surface area contributed by atoms with Gasteiger partial charge in [-0.1, -0.05) is 13.3 Å². The number of carboxylic acids is 1. The Kier molecular flexibility index (Phi) is 3.79. The van der Waals surface area contributed by atoms with Gasteiger partial charge < -0.3 is 10.0 Å². The van der Waals surface area contributed by atoms with Crippen molar-refractivity contribution in [1.82, 2.24) is 9.97 Å². The molecule has 0 unspecified atom stereocenters. The van der Waals surface area contributed by atoms with E-state index < -0.39 is 11.4 Å². The van der Waals surface area contributed by atoms with Crippen LogP contribution in [0, 0.1) is 5.41 Å². The van der Waals surface area contributed by atoms with Crippen LogP contribution in [0.5, 0.6) is 0 Å². The Hall–Kier alpha value is -1.65. The highest BCUT2D eigenvalue weighted by atomic mass is 16.4. The molecule has 0 saturated carbocycles. The highest BCUT2D eigenvalue weighted by Crippen LogP contribution is 2.37. The van der Waals surface area contributed by atoms with E-state index in [1.165, 1.54) is 6.33 Å². The lowest BCUT2D eigenvalue weighted by molar-refractivity contribution is -0.150. The Morgan fingerprint density at radius 3 is 2.72 bits per heavy atom. The standard InChI is InChI=1S/C13H19N3O2/c1-2-4-13(12(17)18)5-8-16(9-6-13)11-3-7-14-10-15-11/h3,7,10H,2,4-6,8-9H2,1H3,(H,17,18). The van der Waals surface area contributed by atoms with Crippen molar-refractivity contribution in [2.75, 3.05) is 18.0 Å². The third-order valence-electron chi connectivity index (χ3n) is 3.79. The summed E-state index contributed by atoms with van der Waals surface area (Å²) < 4.78 is 0. The summed E-state index contributed by atoms with van der Waals surface area (Å²) in [4.78, 5) is 21.7. The predicted molar refractivity (Wildman–Crippen MR) is 68.5 cm³/mol. The molecule has 1 aromatic heterocycles. The molecule has 1 aliphatic rings. The zero-order valence-electron chi connectivity index (χ0n) is 10.7. The molecule has 98 valence electrons. The number of hydrogen-bond acceptors (Lipinski definition) is 4. The van der Waals surface area contributed by atoms with Gasteiger partial charge in [0, 0.05) is 19.3 Å². The summed E-state index contributed by atoms with van der Waals surface area (Å²) in [7, 11) is 0. The Balaban J connectivity index is 2.05. The van der Waals surface area contributed by atoms with E-state index in [0.29, 0.717) is 12.8 Å². The number of nitrogens with zero attached hydrogens (tertiary/aromatic N) is 3. The molecule has 0 amide bonds. The smallest absolute Gasteiger partial charge is 0.309 e. The van der Waals surface area contributed by atoms with Gasteiger partial charge in [-0.2, -0.15) is 0 Å². The van der Waals surface area contributed by atoms with Crippen LogP contribution in [-0.2, 0) is 4.79 Å². The fourth-order valence-electron chi connectivity index (χ4n) is 2.68. The zero-order chi connectivity index (χ0) is 13.0. The SMILES string of the molecule is CCCC1(C(=O)O)CCN(c2ccncn2)CC1. The minimum absolute atomic E-state index is 0.529. The lowest BCUT2D eigenvalue weighted by Crippen LogP contribution is -2.44. The van der Waals surface area contributed by atoms with Gasteiger partial charge in [0.05, 0.1) is 5.41 Å². The Labute approximate surface area is 107 Å². The molecule has 5 heteroatoms. The van der Waals surface area contributed by atoms with Gasteiger partial charge >= 0.3 is 5.97 Å². The normalized spacial score (nSPS) is 18.6. The molecular weight excluding hydrogens is 230 g/mol. The summed E-state index contributed by atoms with van der Waals surface area (Å²) in [6.45, 7) is 3.55. The molecule has 0 atom stereocenters. The van der Waals surface area contributed by atoms with Crippen LogP contribution in [0.3, 0.4) is 0 Å². The van der Waals surface area contributed by atoms with Crippen molar-refractivity contribution >= 4 is 11.8 Å². The van der Waals surface area contributed by atoms with E-state index in [0.717, 1.165) is 31.7 Å². The number of rotatable bonds is 4. The number of aromatic nitrogens is 2. The Morgan fingerprint density at radius 2 is 2.22 bits per heavy atom. The zero-order valence-corrected chi connectivity index (χ0v) is 10.7. The molecule has 1 saturated heterocycles. The van der Waals surface area contributed by atoms with Gasteiger partial charge in [0.25, 0.3) is 0 Å². The van der Waals surface area contributed by atoms with Gasteiger partial charge in [-0.25, -0.2) is 9.97 Å². The van der Waals surface area contributed by atoms with E-state index in [-0.39, 0.29) is 0 Å². The molecule has 2 rings (SSSR count). The van der Waals surface area contributed by atoms with Crippen molar-refractivity contribution in [1.29, 1.82) is 0 Å². The van der Waals surface area contributed by atoms with E-state index in [2.05, 4.69) is 14.9 Å². The maximum absolute atomic E-state index is 11.5. The number of hydrogen-bond donors (Lipinski definition) is 1. The van der Waals surface area contributed by atoms with Crippen LogP contribution >= 0.6 is 0 Å². The average Bonchev–Trinajstić information content (AvgIpc) is 2.41. The maximum atomic E-state index is 11.5. The minimum atomic E-state index is -0.647. The first-order valence-electron chi connectivity index (χ1n) is 6.42. The molecule has 1 fully saturated rings. The number of aliphatic carboxylic acids is 1. The quantitative estimate of drug-likeness (QED) is 0.883. The van der Waals surface area contributed by atoms with Gasteiger partial charge in [-0.3, -0.25) is 4.79 Å². The lowest BCUT2D eigenvalue weighted by Gasteiger charge is -2.39. The van der Waals surface area contributed by atoms with Crippen molar-refractivity contribution in [2.24, 2.45) is 5.41 Å². The van der Waals surface area contributed by atoms with Gasteiger partial charge in [0.1, 0.15) is 12.1 Å². The van der Waals surface area contributed by atoms with Crippen LogP contribution in [0.2, 0.25) is 0 Å². The summed E-state index contributed by atoms with van der Waals surface area (Å²) in [5.74, 6) is 0.243. The fourth-order valence-corrected chi connectivity index (χ4v) is 2.68. The first-order valence-corrected chi connectivity index (χ1v) is 6.42. The first-order chi connectivity index (χ1) is 8.68. The molecule has 18 heavy (non-hydrogen) atoms. The molecule has 1 aliphatic heterocycles. The molecule has 0 bridgehead atoms. The van der Waals surface area contributed by atoms with Gasteiger partial charge in [0.15, 0.2) is 0 Å². The summed E-state index contributed by atoms with van der Waals surface area (Å²) in [6.07, 6.45) is 6.31. The summed E-state index contributed by atoms with van der Waals surface area (Å²) in [5.41, 5.74) is -0.529. The fraction of sp³-hybridized carbons (Fsp3) is 0.615. The molecule has 0 aliphatic carbocycles. The molecule has 5 nitrogen and oxygen atoms in total. The highest BCUT2D eigenvalue weighted by Gasteiger charge is 2.40. The van der Waals surface area contributed by atoms with Crippen LogP contribution in [-0.4, -0.2) is 34.1 Å². The van der Waals surface area contributed by atoms with E-state index in [9.17, 15) is 9.90 Å². The van der Waals surface area contributed by atoms with E-state index >= 15 is 0 Å². The molecule has 2 heterocycles. The van der Waals surface area contributed by atoms with Crippen molar-refractivity contribution in [2.45, 2.75) is 32.6 Å². The van der Waals surface area contributed by atoms with E-state index in [1.54, 1.807) is 6.20 Å². The van der Waals surface area contributed by atoms with E-state index in [4.69, 9.17) is 0 Å². The third-order valence-corrected chi connectivity index (χ3v) is 3.79. The second-order valence-corrected chi connectivity index (χ2v) is 4.89. The van der Waals surface area contributed by atoms with Crippen LogP contribution in [0.1, 0.15) is 32.6 Å². The number of carboxylic acid groups (broad SMARTS) is 1. The van der Waals surface area contributed by atoms with Crippen molar-refractivity contribution in [3.8, 4) is 0 Å². The molecule has 0 spiro atoms. The van der Waals surface area contributed by atoms with Gasteiger partial charge in [-0.05, 0) is 25.3 Å². The molecule has 1 N–H and O–H groups in total. The Bertz CT molecular complexity index is 400. The monoisotopic (exact) mass is 249 g/mol. The van der Waals surface area contributed by atoms with Crippen molar-refractivity contribution in [3.05, 3.63) is 18.6 Å². The first kappa shape index (κ1) is 12.8.